The van der Waals surface area contributed by atoms with Crippen LogP contribution in [0.25, 0.3) is 11.0 Å². The van der Waals surface area contributed by atoms with Gasteiger partial charge >= 0.3 is 0 Å². The summed E-state index contributed by atoms with van der Waals surface area (Å²) in [5.41, 5.74) is 0.793. The monoisotopic (exact) mass is 414 g/mol. The molecular formula is C15H12Cl2N4O4S. The van der Waals surface area contributed by atoms with Crippen molar-refractivity contribution in [2.24, 2.45) is 0 Å². The van der Waals surface area contributed by atoms with Gasteiger partial charge in [0.1, 0.15) is 10.4 Å². The van der Waals surface area contributed by atoms with Crippen LogP contribution >= 0.6 is 23.2 Å². The lowest BCUT2D eigenvalue weighted by molar-refractivity contribution is 0.0954. The lowest BCUT2D eigenvalue weighted by Gasteiger charge is -2.08. The van der Waals surface area contributed by atoms with Gasteiger partial charge < -0.3 is 5.32 Å². The molecule has 0 unspecified atom stereocenters. The number of rotatable bonds is 6. The molecule has 8 nitrogen and oxygen atoms in total. The molecule has 1 heterocycles. The molecule has 3 aromatic rings. The molecule has 3 rings (SSSR count). The summed E-state index contributed by atoms with van der Waals surface area (Å²) in [7, 11) is -3.83. The van der Waals surface area contributed by atoms with Gasteiger partial charge in [-0.25, -0.2) is 17.8 Å². The van der Waals surface area contributed by atoms with E-state index in [1.165, 1.54) is 30.3 Å². The predicted molar refractivity (Wildman–Crippen MR) is 95.8 cm³/mol. The van der Waals surface area contributed by atoms with Crippen LogP contribution in [0.15, 0.2) is 45.9 Å². The second-order valence-electron chi connectivity index (χ2n) is 5.17. The molecule has 0 aliphatic rings. The van der Waals surface area contributed by atoms with E-state index in [1.807, 2.05) is 0 Å². The summed E-state index contributed by atoms with van der Waals surface area (Å²) in [5, 5.41) is 10.4. The highest BCUT2D eigenvalue weighted by Gasteiger charge is 2.19. The van der Waals surface area contributed by atoms with Gasteiger partial charge in [-0.2, -0.15) is 0 Å². The molecule has 0 saturated heterocycles. The highest BCUT2D eigenvalue weighted by molar-refractivity contribution is 7.89. The van der Waals surface area contributed by atoms with Crippen molar-refractivity contribution < 1.29 is 17.8 Å². The molecule has 0 bridgehead atoms. The molecule has 0 atom stereocenters. The van der Waals surface area contributed by atoms with E-state index >= 15 is 0 Å². The zero-order chi connectivity index (χ0) is 18.7. The third-order valence-corrected chi connectivity index (χ3v) is 5.65. The first-order chi connectivity index (χ1) is 12.4. The van der Waals surface area contributed by atoms with Crippen LogP contribution in [0.4, 0.5) is 0 Å². The predicted octanol–water partition coefficient (Wildman–Crippen LogP) is 2.24. The van der Waals surface area contributed by atoms with Crippen molar-refractivity contribution in [3.63, 3.8) is 0 Å². The van der Waals surface area contributed by atoms with Gasteiger partial charge in [0, 0.05) is 18.7 Å². The number of carbonyl (C=O) groups excluding carboxylic acids is 1. The fraction of sp³-hybridized carbons (Fsp3) is 0.133. The Hall–Kier alpha value is -2.20. The second-order valence-corrected chi connectivity index (χ2v) is 7.72. The lowest BCUT2D eigenvalue weighted by Crippen LogP contribution is -2.34. The Morgan fingerprint density at radius 2 is 1.88 bits per heavy atom. The normalized spacial score (nSPS) is 11.6. The summed E-state index contributed by atoms with van der Waals surface area (Å²) in [4.78, 5) is 12.0. The molecule has 26 heavy (non-hydrogen) atoms. The van der Waals surface area contributed by atoms with Crippen molar-refractivity contribution >= 4 is 50.2 Å². The van der Waals surface area contributed by atoms with Crippen LogP contribution in [-0.2, 0) is 10.0 Å². The average Bonchev–Trinajstić information content (AvgIpc) is 3.09. The number of hydrogen-bond acceptors (Lipinski definition) is 6. The number of sulfonamides is 1. The van der Waals surface area contributed by atoms with Crippen LogP contribution in [0, 0.1) is 0 Å². The molecule has 0 radical (unpaired) electrons. The molecule has 1 aromatic heterocycles. The summed E-state index contributed by atoms with van der Waals surface area (Å²) >= 11 is 11.7. The van der Waals surface area contributed by atoms with Crippen LogP contribution < -0.4 is 10.0 Å². The van der Waals surface area contributed by atoms with Crippen molar-refractivity contribution in [3.05, 3.63) is 52.0 Å². The van der Waals surface area contributed by atoms with Gasteiger partial charge in [0.05, 0.1) is 10.0 Å². The summed E-state index contributed by atoms with van der Waals surface area (Å²) in [6, 6.07) is 8.97. The molecule has 11 heteroatoms. The number of hydrogen-bond donors (Lipinski definition) is 2. The number of nitrogens with one attached hydrogen (secondary N) is 2. The van der Waals surface area contributed by atoms with E-state index in [1.54, 1.807) is 6.07 Å². The summed E-state index contributed by atoms with van der Waals surface area (Å²) in [6.45, 7) is 0.0579. The topological polar surface area (TPSA) is 114 Å². The molecule has 0 aliphatic heterocycles. The number of halogens is 2. The molecule has 2 aromatic carbocycles. The average molecular weight is 415 g/mol. The van der Waals surface area contributed by atoms with Crippen molar-refractivity contribution in [2.75, 3.05) is 13.1 Å². The number of nitrogens with zero attached hydrogens (tertiary/aromatic N) is 2. The van der Waals surface area contributed by atoms with E-state index in [2.05, 4.69) is 25.0 Å². The number of benzene rings is 2. The Morgan fingerprint density at radius 1 is 1.08 bits per heavy atom. The van der Waals surface area contributed by atoms with Crippen LogP contribution in [0.1, 0.15) is 10.4 Å². The first kappa shape index (κ1) is 18.6. The largest absolute Gasteiger partial charge is 0.351 e. The van der Waals surface area contributed by atoms with Gasteiger partial charge in [0.15, 0.2) is 5.52 Å². The fourth-order valence-electron chi connectivity index (χ4n) is 2.18. The summed E-state index contributed by atoms with van der Waals surface area (Å²) in [5.74, 6) is -0.398. The van der Waals surface area contributed by atoms with Crippen LogP contribution in [-0.4, -0.2) is 37.7 Å². The number of amides is 1. The highest BCUT2D eigenvalue weighted by Crippen LogP contribution is 2.22. The maximum atomic E-state index is 12.4. The third kappa shape index (κ3) is 3.96. The zero-order valence-corrected chi connectivity index (χ0v) is 15.4. The first-order valence-corrected chi connectivity index (χ1v) is 9.56. The minimum Gasteiger partial charge on any atom is -0.351 e. The van der Waals surface area contributed by atoms with Crippen LogP contribution in [0.5, 0.6) is 0 Å². The maximum absolute atomic E-state index is 12.4. The van der Waals surface area contributed by atoms with Crippen LogP contribution in [0.3, 0.4) is 0 Å². The molecular weight excluding hydrogens is 403 g/mol. The van der Waals surface area contributed by atoms with Crippen molar-refractivity contribution in [1.29, 1.82) is 0 Å². The molecule has 0 aliphatic carbocycles. The molecule has 0 spiro atoms. The smallest absolute Gasteiger partial charge is 0.251 e. The minimum absolute atomic E-state index is 0.0168. The fourth-order valence-corrected chi connectivity index (χ4v) is 3.66. The Bertz CT molecular complexity index is 1070. The van der Waals surface area contributed by atoms with Gasteiger partial charge in [0.25, 0.3) is 5.91 Å². The Kier molecular flexibility index (Phi) is 5.42. The number of aromatic nitrogens is 2. The SMILES string of the molecule is O=C(NCCNS(=O)(=O)c1cccc2nonc12)c1ccc(Cl)c(Cl)c1. The minimum atomic E-state index is -3.83. The zero-order valence-electron chi connectivity index (χ0n) is 13.1. The molecule has 0 fully saturated rings. The molecule has 136 valence electrons. The Balaban J connectivity index is 1.60. The summed E-state index contributed by atoms with van der Waals surface area (Å²) < 4.78 is 31.7. The van der Waals surface area contributed by atoms with Crippen molar-refractivity contribution in [2.45, 2.75) is 4.90 Å². The van der Waals surface area contributed by atoms with E-state index < -0.39 is 15.9 Å². The van der Waals surface area contributed by atoms with E-state index in [0.717, 1.165) is 0 Å². The number of fused-ring (bicyclic) bond motifs is 1. The summed E-state index contributed by atoms with van der Waals surface area (Å²) in [6.07, 6.45) is 0. The maximum Gasteiger partial charge on any atom is 0.251 e. The Labute approximate surface area is 158 Å². The highest BCUT2D eigenvalue weighted by atomic mass is 35.5. The van der Waals surface area contributed by atoms with Gasteiger partial charge in [-0.05, 0) is 40.6 Å². The lowest BCUT2D eigenvalue weighted by atomic mass is 10.2. The van der Waals surface area contributed by atoms with Gasteiger partial charge in [-0.3, -0.25) is 4.79 Å². The second kappa shape index (κ2) is 7.58. The molecule has 1 amide bonds. The standard InChI is InChI=1S/C15H12Cl2N4O4S/c16-10-5-4-9(8-11(10)17)15(22)18-6-7-19-26(23,24)13-3-1-2-12-14(13)21-25-20-12/h1-5,8,19H,6-7H2,(H,18,22). The van der Waals surface area contributed by atoms with E-state index in [-0.39, 0.29) is 28.5 Å². The molecule has 0 saturated carbocycles. The van der Waals surface area contributed by atoms with Crippen molar-refractivity contribution in [3.8, 4) is 0 Å². The van der Waals surface area contributed by atoms with Gasteiger partial charge in [0.2, 0.25) is 10.0 Å². The Morgan fingerprint density at radius 3 is 2.65 bits per heavy atom. The van der Waals surface area contributed by atoms with Gasteiger partial charge in [-0.15, -0.1) is 0 Å². The van der Waals surface area contributed by atoms with E-state index in [0.29, 0.717) is 16.1 Å². The van der Waals surface area contributed by atoms with E-state index in [9.17, 15) is 13.2 Å². The first-order valence-electron chi connectivity index (χ1n) is 7.33. The quantitative estimate of drug-likeness (QED) is 0.597. The van der Waals surface area contributed by atoms with Gasteiger partial charge in [-0.1, -0.05) is 29.3 Å². The third-order valence-electron chi connectivity index (χ3n) is 3.42. The van der Waals surface area contributed by atoms with Crippen molar-refractivity contribution in [1.82, 2.24) is 20.4 Å². The molecule has 2 N–H and O–H groups in total. The number of carbonyl (C=O) groups is 1. The van der Waals surface area contributed by atoms with Crippen LogP contribution in [0.2, 0.25) is 10.0 Å². The van der Waals surface area contributed by atoms with E-state index in [4.69, 9.17) is 23.2 Å².